The number of rotatable bonds is 5. The van der Waals surface area contributed by atoms with E-state index in [4.69, 9.17) is 0 Å². The number of ketones is 2. The first-order valence-electron chi connectivity index (χ1n) is 6.85. The van der Waals surface area contributed by atoms with Crippen molar-refractivity contribution in [1.82, 2.24) is 4.90 Å². The van der Waals surface area contributed by atoms with Crippen molar-refractivity contribution in [1.29, 1.82) is 0 Å². The van der Waals surface area contributed by atoms with Crippen LogP contribution in [0.4, 0.5) is 0 Å². The van der Waals surface area contributed by atoms with E-state index in [-0.39, 0.29) is 11.6 Å². The Labute approximate surface area is 119 Å². The Hall–Kier alpha value is -1.81. The maximum Gasteiger partial charge on any atom is 0.180 e. The molecule has 0 unspecified atom stereocenters. The molecule has 1 aromatic rings. The molecule has 0 bridgehead atoms. The van der Waals surface area contributed by atoms with Crippen LogP contribution in [-0.2, 0) is 0 Å². The topological polar surface area (TPSA) is 49.7 Å². The van der Waals surface area contributed by atoms with Crippen LogP contribution in [-0.4, -0.2) is 49.4 Å². The van der Waals surface area contributed by atoms with Gasteiger partial charge in [0, 0.05) is 23.4 Å². The highest BCUT2D eigenvalue weighted by Gasteiger charge is 2.39. The van der Waals surface area contributed by atoms with Crippen LogP contribution in [0.15, 0.2) is 29.3 Å². The van der Waals surface area contributed by atoms with E-state index in [1.54, 1.807) is 31.2 Å². The lowest BCUT2D eigenvalue weighted by Crippen LogP contribution is -2.24. The SMILES string of the molecule is CC(=NCCCN(C)C)C1C(=O)c2ccccc2C1=O. The Kier molecular flexibility index (Phi) is 4.45. The monoisotopic (exact) mass is 272 g/mol. The standard InChI is InChI=1S/C16H20N2O2/c1-11(17-9-6-10-18(2)3)14-15(19)12-7-4-5-8-13(12)16(14)20/h4-5,7-8,14H,6,9-10H2,1-3H3. The van der Waals surface area contributed by atoms with Crippen molar-refractivity contribution in [3.05, 3.63) is 35.4 Å². The molecule has 20 heavy (non-hydrogen) atoms. The number of benzene rings is 1. The highest BCUT2D eigenvalue weighted by Crippen LogP contribution is 2.27. The predicted molar refractivity (Wildman–Crippen MR) is 79.7 cm³/mol. The summed E-state index contributed by atoms with van der Waals surface area (Å²) in [6, 6.07) is 7.01. The van der Waals surface area contributed by atoms with E-state index >= 15 is 0 Å². The molecule has 0 atom stereocenters. The Bertz CT molecular complexity index is 526. The van der Waals surface area contributed by atoms with Crippen molar-refractivity contribution in [3.63, 3.8) is 0 Å². The van der Waals surface area contributed by atoms with Crippen molar-refractivity contribution in [2.24, 2.45) is 10.9 Å². The maximum atomic E-state index is 12.3. The highest BCUT2D eigenvalue weighted by molar-refractivity contribution is 6.36. The van der Waals surface area contributed by atoms with Crippen molar-refractivity contribution in [3.8, 4) is 0 Å². The van der Waals surface area contributed by atoms with Gasteiger partial charge in [0.25, 0.3) is 0 Å². The molecule has 1 aliphatic carbocycles. The summed E-state index contributed by atoms with van der Waals surface area (Å²) >= 11 is 0. The van der Waals surface area contributed by atoms with Crippen molar-refractivity contribution < 1.29 is 9.59 Å². The van der Waals surface area contributed by atoms with Gasteiger partial charge >= 0.3 is 0 Å². The van der Waals surface area contributed by atoms with Crippen LogP contribution in [0.1, 0.15) is 34.1 Å². The first kappa shape index (κ1) is 14.6. The molecule has 1 aromatic carbocycles. The number of fused-ring (bicyclic) bond motifs is 1. The minimum Gasteiger partial charge on any atom is -0.309 e. The molecule has 2 rings (SSSR count). The van der Waals surface area contributed by atoms with Gasteiger partial charge in [-0.05, 0) is 34.0 Å². The van der Waals surface area contributed by atoms with Crippen LogP contribution in [0.25, 0.3) is 0 Å². The molecule has 0 fully saturated rings. The molecule has 0 amide bonds. The first-order chi connectivity index (χ1) is 9.52. The van der Waals surface area contributed by atoms with Crippen molar-refractivity contribution >= 4 is 17.3 Å². The molecule has 0 saturated heterocycles. The molecule has 0 radical (unpaired) electrons. The number of nitrogens with zero attached hydrogens (tertiary/aromatic N) is 2. The largest absolute Gasteiger partial charge is 0.309 e. The van der Waals surface area contributed by atoms with E-state index < -0.39 is 5.92 Å². The Morgan fingerprint density at radius 2 is 1.70 bits per heavy atom. The Morgan fingerprint density at radius 1 is 1.15 bits per heavy atom. The van der Waals surface area contributed by atoms with Crippen molar-refractivity contribution in [2.45, 2.75) is 13.3 Å². The summed E-state index contributed by atoms with van der Waals surface area (Å²) in [6.45, 7) is 3.38. The van der Waals surface area contributed by atoms with Gasteiger partial charge in [0.15, 0.2) is 11.6 Å². The second kappa shape index (κ2) is 6.09. The molecule has 0 heterocycles. The molecule has 1 aliphatic rings. The van der Waals surface area contributed by atoms with Gasteiger partial charge in [-0.25, -0.2) is 0 Å². The van der Waals surface area contributed by atoms with Crippen LogP contribution in [0, 0.1) is 5.92 Å². The average molecular weight is 272 g/mol. The number of aliphatic imine (C=N–C) groups is 1. The van der Waals surface area contributed by atoms with E-state index in [1.165, 1.54) is 0 Å². The van der Waals surface area contributed by atoms with Gasteiger partial charge in [0.1, 0.15) is 5.92 Å². The average Bonchev–Trinajstić information content (AvgIpc) is 2.67. The zero-order valence-electron chi connectivity index (χ0n) is 12.2. The Balaban J connectivity index is 2.09. The summed E-state index contributed by atoms with van der Waals surface area (Å²) in [5, 5.41) is 0. The molecule has 0 saturated carbocycles. The van der Waals surface area contributed by atoms with Crippen LogP contribution in [0.5, 0.6) is 0 Å². The third-order valence-corrected chi connectivity index (χ3v) is 3.52. The van der Waals surface area contributed by atoms with Gasteiger partial charge in [-0.3, -0.25) is 14.6 Å². The summed E-state index contributed by atoms with van der Waals surface area (Å²) in [7, 11) is 4.02. The zero-order valence-corrected chi connectivity index (χ0v) is 12.2. The van der Waals surface area contributed by atoms with Gasteiger partial charge in [-0.1, -0.05) is 24.3 Å². The number of carbonyl (C=O) groups is 2. The van der Waals surface area contributed by atoms with Crippen LogP contribution in [0.2, 0.25) is 0 Å². The molecule has 0 aliphatic heterocycles. The summed E-state index contributed by atoms with van der Waals surface area (Å²) < 4.78 is 0. The minimum atomic E-state index is -0.702. The molecular formula is C16H20N2O2. The number of Topliss-reactive ketones (excluding diaryl/α,β-unsaturated/α-hetero) is 2. The van der Waals surface area contributed by atoms with Gasteiger partial charge in [0.05, 0.1) is 0 Å². The lowest BCUT2D eigenvalue weighted by molar-refractivity contribution is 0.0883. The van der Waals surface area contributed by atoms with Crippen molar-refractivity contribution in [2.75, 3.05) is 27.2 Å². The lowest BCUT2D eigenvalue weighted by atomic mass is 9.99. The second-order valence-electron chi connectivity index (χ2n) is 5.39. The third kappa shape index (κ3) is 2.85. The van der Waals surface area contributed by atoms with E-state index in [2.05, 4.69) is 9.89 Å². The fraction of sp³-hybridized carbons (Fsp3) is 0.438. The minimum absolute atomic E-state index is 0.112. The van der Waals surface area contributed by atoms with Gasteiger partial charge in [-0.2, -0.15) is 0 Å². The Morgan fingerprint density at radius 3 is 2.20 bits per heavy atom. The molecular weight excluding hydrogens is 252 g/mol. The van der Waals surface area contributed by atoms with Crippen LogP contribution in [0.3, 0.4) is 0 Å². The van der Waals surface area contributed by atoms with Gasteiger partial charge in [0.2, 0.25) is 0 Å². The number of hydrogen-bond donors (Lipinski definition) is 0. The number of hydrogen-bond acceptors (Lipinski definition) is 4. The molecule has 0 N–H and O–H groups in total. The molecule has 0 spiro atoms. The fourth-order valence-electron chi connectivity index (χ4n) is 2.46. The second-order valence-corrected chi connectivity index (χ2v) is 5.39. The number of carbonyl (C=O) groups excluding carboxylic acids is 2. The smallest absolute Gasteiger partial charge is 0.180 e. The molecule has 4 heteroatoms. The first-order valence-corrected chi connectivity index (χ1v) is 6.85. The predicted octanol–water partition coefficient (Wildman–Crippen LogP) is 2.09. The summed E-state index contributed by atoms with van der Waals surface area (Å²) in [4.78, 5) is 31.1. The zero-order chi connectivity index (χ0) is 14.7. The van der Waals surface area contributed by atoms with Crippen LogP contribution < -0.4 is 0 Å². The fourth-order valence-corrected chi connectivity index (χ4v) is 2.46. The normalized spacial score (nSPS) is 16.1. The summed E-state index contributed by atoms with van der Waals surface area (Å²) in [5.41, 5.74) is 1.70. The van der Waals surface area contributed by atoms with E-state index in [9.17, 15) is 9.59 Å². The van der Waals surface area contributed by atoms with E-state index in [0.29, 0.717) is 23.4 Å². The molecule has 4 nitrogen and oxygen atoms in total. The van der Waals surface area contributed by atoms with Crippen LogP contribution >= 0.6 is 0 Å². The van der Waals surface area contributed by atoms with Gasteiger partial charge in [-0.15, -0.1) is 0 Å². The molecule has 0 aromatic heterocycles. The third-order valence-electron chi connectivity index (χ3n) is 3.52. The van der Waals surface area contributed by atoms with E-state index in [1.807, 2.05) is 14.1 Å². The van der Waals surface area contributed by atoms with E-state index in [0.717, 1.165) is 13.0 Å². The summed E-state index contributed by atoms with van der Waals surface area (Å²) in [5.74, 6) is -0.925. The maximum absolute atomic E-state index is 12.3. The van der Waals surface area contributed by atoms with Gasteiger partial charge < -0.3 is 4.90 Å². The quantitative estimate of drug-likeness (QED) is 0.468. The highest BCUT2D eigenvalue weighted by atomic mass is 16.2. The summed E-state index contributed by atoms with van der Waals surface area (Å²) in [6.07, 6.45) is 0.923. The molecule has 106 valence electrons. The lowest BCUT2D eigenvalue weighted by Gasteiger charge is -2.09.